The first kappa shape index (κ1) is 16.1. The first-order valence-electron chi connectivity index (χ1n) is 5.54. The van der Waals surface area contributed by atoms with Crippen LogP contribution in [-0.4, -0.2) is 37.7 Å². The maximum absolute atomic E-state index is 11.4. The summed E-state index contributed by atoms with van der Waals surface area (Å²) in [7, 11) is 0. The van der Waals surface area contributed by atoms with E-state index in [1.165, 1.54) is 13.8 Å². The van der Waals surface area contributed by atoms with E-state index >= 15 is 0 Å². The molecule has 0 spiro atoms. The van der Waals surface area contributed by atoms with Crippen LogP contribution in [0, 0.1) is 0 Å². The predicted molar refractivity (Wildman–Crippen MR) is 62.6 cm³/mol. The molecule has 0 aromatic rings. The van der Waals surface area contributed by atoms with Gasteiger partial charge in [-0.15, -0.1) is 0 Å². The summed E-state index contributed by atoms with van der Waals surface area (Å²) in [5.74, 6) is -1.25. The van der Waals surface area contributed by atoms with E-state index < -0.39 is 11.9 Å². The molecule has 18 heavy (non-hydrogen) atoms. The van der Waals surface area contributed by atoms with Crippen LogP contribution in [0.4, 0.5) is 0 Å². The van der Waals surface area contributed by atoms with Crippen LogP contribution in [-0.2, 0) is 28.6 Å². The highest BCUT2D eigenvalue weighted by atomic mass is 16.6. The Hall–Kier alpha value is -1.85. The first-order valence-corrected chi connectivity index (χ1v) is 5.54. The molecule has 0 aliphatic rings. The largest absolute Gasteiger partial charge is 0.466 e. The van der Waals surface area contributed by atoms with E-state index in [4.69, 9.17) is 9.47 Å². The average Bonchev–Trinajstić information content (AvgIpc) is 2.29. The van der Waals surface area contributed by atoms with Crippen LogP contribution < -0.4 is 0 Å². The quantitative estimate of drug-likeness (QED) is 0.293. The molecule has 0 rings (SSSR count). The molecular weight excluding hydrogens is 240 g/mol. The minimum atomic E-state index is -0.482. The van der Waals surface area contributed by atoms with Crippen LogP contribution in [0.15, 0.2) is 11.6 Å². The Kier molecular flexibility index (Phi) is 8.26. The number of rotatable bonds is 7. The molecule has 0 aromatic heterocycles. The standard InChI is InChI=1S/C12H18O6/c1-9(5-4-6-16-10(2)13)12(15)18-8-7-17-11(3)14/h5H,4,6-8H2,1-3H3. The number of carbonyl (C=O) groups excluding carboxylic acids is 3. The molecule has 0 aliphatic carbocycles. The summed E-state index contributed by atoms with van der Waals surface area (Å²) in [6, 6.07) is 0. The van der Waals surface area contributed by atoms with Crippen molar-refractivity contribution in [1.82, 2.24) is 0 Å². The van der Waals surface area contributed by atoms with Crippen molar-refractivity contribution in [2.24, 2.45) is 0 Å². The van der Waals surface area contributed by atoms with Gasteiger partial charge in [0.2, 0.25) is 0 Å². The lowest BCUT2D eigenvalue weighted by atomic mass is 10.2. The lowest BCUT2D eigenvalue weighted by molar-refractivity contribution is -0.148. The zero-order chi connectivity index (χ0) is 14.0. The second-order valence-electron chi connectivity index (χ2n) is 3.49. The van der Waals surface area contributed by atoms with Crippen LogP contribution in [0.25, 0.3) is 0 Å². The van der Waals surface area contributed by atoms with Crippen molar-refractivity contribution in [2.75, 3.05) is 19.8 Å². The molecule has 0 saturated carbocycles. The topological polar surface area (TPSA) is 78.9 Å². The van der Waals surface area contributed by atoms with Gasteiger partial charge in [-0.25, -0.2) is 4.79 Å². The summed E-state index contributed by atoms with van der Waals surface area (Å²) in [5, 5.41) is 0. The highest BCUT2D eigenvalue weighted by molar-refractivity contribution is 5.87. The second kappa shape index (κ2) is 9.21. The fraction of sp³-hybridized carbons (Fsp3) is 0.583. The fourth-order valence-corrected chi connectivity index (χ4v) is 0.995. The monoisotopic (exact) mass is 258 g/mol. The zero-order valence-corrected chi connectivity index (χ0v) is 10.9. The summed E-state index contributed by atoms with van der Waals surface area (Å²) >= 11 is 0. The van der Waals surface area contributed by atoms with Crippen molar-refractivity contribution in [3.05, 3.63) is 11.6 Å². The Balaban J connectivity index is 3.77. The van der Waals surface area contributed by atoms with Crippen LogP contribution in [0.3, 0.4) is 0 Å². The maximum Gasteiger partial charge on any atom is 0.333 e. The minimum Gasteiger partial charge on any atom is -0.466 e. The van der Waals surface area contributed by atoms with E-state index in [1.54, 1.807) is 13.0 Å². The van der Waals surface area contributed by atoms with Crippen LogP contribution in [0.5, 0.6) is 0 Å². The van der Waals surface area contributed by atoms with Crippen molar-refractivity contribution in [2.45, 2.75) is 27.2 Å². The predicted octanol–water partition coefficient (Wildman–Crippen LogP) is 0.992. The third kappa shape index (κ3) is 9.38. The maximum atomic E-state index is 11.4. The molecule has 0 N–H and O–H groups in total. The van der Waals surface area contributed by atoms with E-state index in [1.807, 2.05) is 0 Å². The molecule has 0 unspecified atom stereocenters. The zero-order valence-electron chi connectivity index (χ0n) is 10.9. The first-order chi connectivity index (χ1) is 8.43. The smallest absolute Gasteiger partial charge is 0.333 e. The van der Waals surface area contributed by atoms with Crippen molar-refractivity contribution >= 4 is 17.9 Å². The summed E-state index contributed by atoms with van der Waals surface area (Å²) < 4.78 is 14.1. The van der Waals surface area contributed by atoms with Crippen LogP contribution >= 0.6 is 0 Å². The minimum absolute atomic E-state index is 0.0214. The van der Waals surface area contributed by atoms with E-state index in [0.29, 0.717) is 12.0 Å². The van der Waals surface area contributed by atoms with Gasteiger partial charge in [0, 0.05) is 25.8 Å². The molecule has 0 bridgehead atoms. The number of ether oxygens (including phenoxy) is 3. The van der Waals surface area contributed by atoms with Crippen molar-refractivity contribution < 1.29 is 28.6 Å². The molecule has 6 nitrogen and oxygen atoms in total. The molecular formula is C12H18O6. The van der Waals surface area contributed by atoms with Gasteiger partial charge in [-0.2, -0.15) is 0 Å². The Morgan fingerprint density at radius 2 is 1.33 bits per heavy atom. The molecule has 0 heterocycles. The van der Waals surface area contributed by atoms with Gasteiger partial charge in [0.15, 0.2) is 0 Å². The summed E-state index contributed by atoms with van der Waals surface area (Å²) in [6.07, 6.45) is 2.07. The van der Waals surface area contributed by atoms with Gasteiger partial charge in [-0.1, -0.05) is 6.08 Å². The molecule has 0 fully saturated rings. The highest BCUT2D eigenvalue weighted by Crippen LogP contribution is 1.99. The van der Waals surface area contributed by atoms with Gasteiger partial charge in [-0.05, 0) is 6.92 Å². The molecule has 0 aliphatic heterocycles. The number of hydrogen-bond donors (Lipinski definition) is 0. The second-order valence-corrected chi connectivity index (χ2v) is 3.49. The molecule has 102 valence electrons. The molecule has 6 heteroatoms. The van der Waals surface area contributed by atoms with Gasteiger partial charge >= 0.3 is 17.9 Å². The van der Waals surface area contributed by atoms with Gasteiger partial charge in [0.25, 0.3) is 0 Å². The van der Waals surface area contributed by atoms with E-state index in [0.717, 1.165) is 0 Å². The Bertz CT molecular complexity index is 331. The SMILES string of the molecule is CC(=O)OCCC=C(C)C(=O)OCCOC(C)=O. The molecule has 0 amide bonds. The molecule has 0 aromatic carbocycles. The molecule has 0 atom stereocenters. The molecule has 0 saturated heterocycles. The Morgan fingerprint density at radius 3 is 1.89 bits per heavy atom. The number of hydrogen-bond acceptors (Lipinski definition) is 6. The van der Waals surface area contributed by atoms with E-state index in [9.17, 15) is 14.4 Å². The number of carbonyl (C=O) groups is 3. The lowest BCUT2D eigenvalue weighted by Crippen LogP contribution is -2.13. The fourth-order valence-electron chi connectivity index (χ4n) is 0.995. The van der Waals surface area contributed by atoms with Gasteiger partial charge < -0.3 is 14.2 Å². The van der Waals surface area contributed by atoms with Crippen molar-refractivity contribution in [3.8, 4) is 0 Å². The van der Waals surface area contributed by atoms with Gasteiger partial charge in [0.1, 0.15) is 13.2 Å². The van der Waals surface area contributed by atoms with Gasteiger partial charge in [0.05, 0.1) is 6.61 Å². The Labute approximate surface area is 106 Å². The average molecular weight is 258 g/mol. The van der Waals surface area contributed by atoms with E-state index in [-0.39, 0.29) is 25.8 Å². The number of esters is 3. The summed E-state index contributed by atoms with van der Waals surface area (Å²) in [6.45, 7) is 4.49. The van der Waals surface area contributed by atoms with E-state index in [2.05, 4.69) is 4.74 Å². The Morgan fingerprint density at radius 1 is 0.833 bits per heavy atom. The highest BCUT2D eigenvalue weighted by Gasteiger charge is 2.05. The third-order valence-electron chi connectivity index (χ3n) is 1.82. The van der Waals surface area contributed by atoms with Gasteiger partial charge in [-0.3, -0.25) is 9.59 Å². The lowest BCUT2D eigenvalue weighted by Gasteiger charge is -2.05. The van der Waals surface area contributed by atoms with Crippen molar-refractivity contribution in [3.63, 3.8) is 0 Å². The van der Waals surface area contributed by atoms with Crippen LogP contribution in [0.1, 0.15) is 27.2 Å². The normalized spacial score (nSPS) is 10.7. The summed E-state index contributed by atoms with van der Waals surface area (Å²) in [4.78, 5) is 32.3. The van der Waals surface area contributed by atoms with Crippen molar-refractivity contribution in [1.29, 1.82) is 0 Å². The van der Waals surface area contributed by atoms with Crippen LogP contribution in [0.2, 0.25) is 0 Å². The third-order valence-corrected chi connectivity index (χ3v) is 1.82. The summed E-state index contributed by atoms with van der Waals surface area (Å²) in [5.41, 5.74) is 0.421. The molecule has 0 radical (unpaired) electrons.